The Hall–Kier alpha value is -2.32. The lowest BCUT2D eigenvalue weighted by molar-refractivity contribution is -0.146. The summed E-state index contributed by atoms with van der Waals surface area (Å²) in [6.07, 6.45) is 0.266. The lowest BCUT2D eigenvalue weighted by Crippen LogP contribution is -2.31. The van der Waals surface area contributed by atoms with Crippen LogP contribution in [0.25, 0.3) is 10.4 Å². The summed E-state index contributed by atoms with van der Waals surface area (Å²) in [5.41, 5.74) is 10.9. The van der Waals surface area contributed by atoms with Gasteiger partial charge in [-0.2, -0.15) is 0 Å². The molecule has 0 aliphatic carbocycles. The minimum atomic E-state index is -0.793. The Morgan fingerprint density at radius 2 is 2.00 bits per heavy atom. The third kappa shape index (κ3) is 7.34. The summed E-state index contributed by atoms with van der Waals surface area (Å²) in [7, 11) is 3.18. The van der Waals surface area contributed by atoms with E-state index in [9.17, 15) is 15.4 Å². The van der Waals surface area contributed by atoms with Crippen molar-refractivity contribution in [1.29, 1.82) is 0 Å². The first-order valence-electron chi connectivity index (χ1n) is 11.9. The molecule has 1 fully saturated rings. The second-order valence-electron chi connectivity index (χ2n) is 9.56. The highest BCUT2D eigenvalue weighted by Gasteiger charge is 2.41. The molecule has 0 spiro atoms. The summed E-state index contributed by atoms with van der Waals surface area (Å²) in [6, 6.07) is 5.09. The summed E-state index contributed by atoms with van der Waals surface area (Å²) in [4.78, 5) is 15.3. The molecule has 9 nitrogen and oxygen atoms in total. The summed E-state index contributed by atoms with van der Waals surface area (Å²) in [5.74, 6) is 0.325. The van der Waals surface area contributed by atoms with E-state index in [0.717, 1.165) is 16.9 Å². The molecule has 0 aromatic heterocycles. The standard InChI is InChI=1S/C25H39N3O6/c1-15(2)19(12-21(27-28-26)23-13-20(16(3)4)25(30)34-23)24(29)18-7-8-22(32-6)17(11-18)9-10-33-14-31-5/h7-8,11,15-16,19-21,23-24,29H,9-10,12-14H2,1-6H3/t19-,20-,21-,23-,24-/m0/s1. The molecule has 2 rings (SSSR count). The highest BCUT2D eigenvalue weighted by molar-refractivity contribution is 5.75. The number of rotatable bonds is 14. The average molecular weight is 478 g/mol. The van der Waals surface area contributed by atoms with Crippen molar-refractivity contribution in [3.63, 3.8) is 0 Å². The Morgan fingerprint density at radius 3 is 2.56 bits per heavy atom. The van der Waals surface area contributed by atoms with E-state index in [-0.39, 0.29) is 36.4 Å². The zero-order chi connectivity index (χ0) is 25.3. The number of ether oxygens (including phenoxy) is 4. The normalized spacial score (nSPS) is 20.7. The highest BCUT2D eigenvalue weighted by atomic mass is 16.7. The van der Waals surface area contributed by atoms with E-state index >= 15 is 0 Å². The van der Waals surface area contributed by atoms with Crippen molar-refractivity contribution in [2.24, 2.45) is 28.8 Å². The summed E-state index contributed by atoms with van der Waals surface area (Å²) in [6.45, 7) is 8.70. The molecule has 1 aromatic carbocycles. The van der Waals surface area contributed by atoms with Gasteiger partial charge in [-0.05, 0) is 65.8 Å². The van der Waals surface area contributed by atoms with Crippen LogP contribution in [0.4, 0.5) is 0 Å². The number of carbonyl (C=O) groups is 1. The zero-order valence-corrected chi connectivity index (χ0v) is 21.1. The van der Waals surface area contributed by atoms with Gasteiger partial charge >= 0.3 is 5.97 Å². The van der Waals surface area contributed by atoms with Crippen LogP contribution in [0, 0.1) is 23.7 Å². The fourth-order valence-corrected chi connectivity index (χ4v) is 4.54. The van der Waals surface area contributed by atoms with Crippen molar-refractivity contribution in [2.45, 2.75) is 65.2 Å². The fourth-order valence-electron chi connectivity index (χ4n) is 4.54. The first-order valence-corrected chi connectivity index (χ1v) is 11.9. The van der Waals surface area contributed by atoms with Crippen molar-refractivity contribution in [1.82, 2.24) is 0 Å². The predicted octanol–water partition coefficient (Wildman–Crippen LogP) is 4.82. The van der Waals surface area contributed by atoms with Gasteiger partial charge in [0.1, 0.15) is 18.6 Å². The molecule has 1 heterocycles. The molecule has 9 heteroatoms. The van der Waals surface area contributed by atoms with Gasteiger partial charge in [0.2, 0.25) is 0 Å². The Morgan fingerprint density at radius 1 is 1.26 bits per heavy atom. The number of methoxy groups -OCH3 is 2. The Bertz CT molecular complexity index is 840. The summed E-state index contributed by atoms with van der Waals surface area (Å²) < 4.78 is 21.4. The zero-order valence-electron chi connectivity index (χ0n) is 21.1. The molecule has 0 saturated carbocycles. The number of hydrogen-bond donors (Lipinski definition) is 1. The van der Waals surface area contributed by atoms with E-state index in [1.807, 2.05) is 45.9 Å². The van der Waals surface area contributed by atoms with E-state index in [1.165, 1.54) is 0 Å². The molecule has 0 radical (unpaired) electrons. The first-order chi connectivity index (χ1) is 16.2. The molecule has 1 N–H and O–H groups in total. The molecular formula is C25H39N3O6. The molecule has 5 atom stereocenters. The van der Waals surface area contributed by atoms with Gasteiger partial charge in [0.15, 0.2) is 0 Å². The van der Waals surface area contributed by atoms with Crippen LogP contribution in [0.2, 0.25) is 0 Å². The molecule has 34 heavy (non-hydrogen) atoms. The fraction of sp³-hybridized carbons (Fsp3) is 0.720. The van der Waals surface area contributed by atoms with Gasteiger partial charge in [-0.25, -0.2) is 0 Å². The number of benzene rings is 1. The second kappa shape index (κ2) is 13.5. The van der Waals surface area contributed by atoms with E-state index in [4.69, 9.17) is 18.9 Å². The Balaban J connectivity index is 2.22. The van der Waals surface area contributed by atoms with Crippen molar-refractivity contribution in [2.75, 3.05) is 27.6 Å². The average Bonchev–Trinajstić information content (AvgIpc) is 3.20. The molecule has 0 unspecified atom stereocenters. The van der Waals surface area contributed by atoms with E-state index in [0.29, 0.717) is 25.9 Å². The van der Waals surface area contributed by atoms with E-state index in [1.54, 1.807) is 14.2 Å². The highest BCUT2D eigenvalue weighted by Crippen LogP contribution is 2.38. The molecule has 1 aliphatic heterocycles. The Kier molecular flexibility index (Phi) is 11.1. The number of carbonyl (C=O) groups excluding carboxylic acids is 1. The van der Waals surface area contributed by atoms with Crippen LogP contribution in [0.3, 0.4) is 0 Å². The number of aliphatic hydroxyl groups excluding tert-OH is 1. The van der Waals surface area contributed by atoms with E-state index in [2.05, 4.69) is 10.0 Å². The molecular weight excluding hydrogens is 438 g/mol. The maximum atomic E-state index is 12.3. The van der Waals surface area contributed by atoms with E-state index < -0.39 is 18.2 Å². The van der Waals surface area contributed by atoms with Crippen LogP contribution in [0.15, 0.2) is 23.3 Å². The number of esters is 1. The topological polar surface area (TPSA) is 123 Å². The number of cyclic esters (lactones) is 1. The Labute approximate surface area is 202 Å². The molecule has 1 saturated heterocycles. The van der Waals surface area contributed by atoms with Crippen LogP contribution >= 0.6 is 0 Å². The van der Waals surface area contributed by atoms with Crippen molar-refractivity contribution in [3.8, 4) is 5.75 Å². The van der Waals surface area contributed by atoms with Gasteiger partial charge in [-0.15, -0.1) is 0 Å². The van der Waals surface area contributed by atoms with Gasteiger partial charge in [0.25, 0.3) is 0 Å². The third-order valence-electron chi connectivity index (χ3n) is 6.63. The molecule has 1 aliphatic rings. The van der Waals surface area contributed by atoms with Crippen LogP contribution in [0.1, 0.15) is 57.8 Å². The van der Waals surface area contributed by atoms with Crippen molar-refractivity contribution in [3.05, 3.63) is 39.8 Å². The van der Waals surface area contributed by atoms with Crippen LogP contribution in [-0.4, -0.2) is 50.8 Å². The number of aliphatic hydroxyl groups is 1. The van der Waals surface area contributed by atoms with Crippen molar-refractivity contribution >= 4 is 5.97 Å². The second-order valence-corrected chi connectivity index (χ2v) is 9.56. The van der Waals surface area contributed by atoms with Gasteiger partial charge in [-0.3, -0.25) is 4.79 Å². The molecule has 1 aromatic rings. The van der Waals surface area contributed by atoms with Gasteiger partial charge in [-0.1, -0.05) is 38.9 Å². The maximum absolute atomic E-state index is 12.3. The lowest BCUT2D eigenvalue weighted by Gasteiger charge is -2.31. The van der Waals surface area contributed by atoms with Crippen LogP contribution in [-0.2, 0) is 25.4 Å². The molecule has 0 bridgehead atoms. The molecule has 0 amide bonds. The van der Waals surface area contributed by atoms with Crippen LogP contribution < -0.4 is 4.74 Å². The first kappa shape index (κ1) is 27.9. The smallest absolute Gasteiger partial charge is 0.309 e. The van der Waals surface area contributed by atoms with Gasteiger partial charge < -0.3 is 24.1 Å². The number of nitrogens with zero attached hydrogens (tertiary/aromatic N) is 3. The summed E-state index contributed by atoms with van der Waals surface area (Å²) >= 11 is 0. The monoisotopic (exact) mass is 477 g/mol. The molecule has 190 valence electrons. The predicted molar refractivity (Wildman–Crippen MR) is 128 cm³/mol. The lowest BCUT2D eigenvalue weighted by atomic mass is 9.79. The van der Waals surface area contributed by atoms with Crippen LogP contribution in [0.5, 0.6) is 5.75 Å². The largest absolute Gasteiger partial charge is 0.496 e. The van der Waals surface area contributed by atoms with Gasteiger partial charge in [0, 0.05) is 12.0 Å². The third-order valence-corrected chi connectivity index (χ3v) is 6.63. The summed E-state index contributed by atoms with van der Waals surface area (Å²) in [5, 5.41) is 15.3. The van der Waals surface area contributed by atoms with Crippen molar-refractivity contribution < 1.29 is 28.8 Å². The minimum Gasteiger partial charge on any atom is -0.496 e. The SMILES string of the molecule is COCOCCc1cc([C@H](O)[C@@H](C[C@H](N=[N+]=[N-])[C@@H]2C[C@@H](C(C)C)C(=O)O2)C(C)C)ccc1OC. The maximum Gasteiger partial charge on any atom is 0.309 e. The minimum absolute atomic E-state index is 0.0972. The number of hydrogen-bond acceptors (Lipinski definition) is 7. The quantitative estimate of drug-likeness (QED) is 0.102. The number of azide groups is 1. The van der Waals surface area contributed by atoms with Gasteiger partial charge in [0.05, 0.1) is 31.8 Å².